The molecule has 0 bridgehead atoms. The van der Waals surface area contributed by atoms with Gasteiger partial charge in [-0.05, 0) is 43.7 Å². The lowest BCUT2D eigenvalue weighted by Crippen LogP contribution is -2.36. The Bertz CT molecular complexity index is 459. The van der Waals surface area contributed by atoms with E-state index in [2.05, 4.69) is 4.90 Å². The molecule has 2 atom stereocenters. The Labute approximate surface area is 124 Å². The lowest BCUT2D eigenvalue weighted by Gasteiger charge is -2.23. The Morgan fingerprint density at radius 3 is 2.86 bits per heavy atom. The molecule has 116 valence electrons. The summed E-state index contributed by atoms with van der Waals surface area (Å²) in [5.74, 6) is 0.293. The second kappa shape index (κ2) is 6.30. The molecule has 0 amide bonds. The zero-order valence-corrected chi connectivity index (χ0v) is 12.1. The average molecular weight is 295 g/mol. The van der Waals surface area contributed by atoms with Gasteiger partial charge in [-0.15, -0.1) is 0 Å². The molecule has 4 nitrogen and oxygen atoms in total. The number of hydrogen-bond donors (Lipinski definition) is 1. The number of rotatable bonds is 5. The van der Waals surface area contributed by atoms with Gasteiger partial charge in [-0.25, -0.2) is 4.39 Å². The van der Waals surface area contributed by atoms with Crippen LogP contribution in [0.25, 0.3) is 0 Å². The first-order valence-electron chi connectivity index (χ1n) is 7.52. The average Bonchev–Trinajstić information content (AvgIpc) is 3.09. The number of hydrogen-bond acceptors (Lipinski definition) is 4. The summed E-state index contributed by atoms with van der Waals surface area (Å²) in [6.45, 7) is 4.57. The molecule has 2 fully saturated rings. The van der Waals surface area contributed by atoms with Crippen LogP contribution in [0.15, 0.2) is 24.3 Å². The third-order valence-electron chi connectivity index (χ3n) is 4.43. The quantitative estimate of drug-likeness (QED) is 0.897. The van der Waals surface area contributed by atoms with Crippen LogP contribution >= 0.6 is 0 Å². The summed E-state index contributed by atoms with van der Waals surface area (Å²) >= 11 is 0. The van der Waals surface area contributed by atoms with Gasteiger partial charge in [-0.2, -0.15) is 0 Å². The fourth-order valence-corrected chi connectivity index (χ4v) is 3.23. The number of β-amino-alcohol motifs (C(OH)–C–C–N with tert-alkyl or cyclic N) is 1. The van der Waals surface area contributed by atoms with Crippen molar-refractivity contribution >= 4 is 0 Å². The van der Waals surface area contributed by atoms with Crippen LogP contribution in [0.5, 0.6) is 5.75 Å². The van der Waals surface area contributed by atoms with Crippen LogP contribution in [0.2, 0.25) is 0 Å². The van der Waals surface area contributed by atoms with Crippen LogP contribution in [0.4, 0.5) is 4.39 Å². The van der Waals surface area contributed by atoms with Crippen LogP contribution in [0, 0.1) is 11.2 Å². The molecular formula is C16H22FNO3. The minimum Gasteiger partial charge on any atom is -0.491 e. The molecule has 2 unspecified atom stereocenters. The Morgan fingerprint density at radius 2 is 2.14 bits per heavy atom. The van der Waals surface area contributed by atoms with Crippen molar-refractivity contribution in [1.82, 2.24) is 4.90 Å². The van der Waals surface area contributed by atoms with Gasteiger partial charge in [0.25, 0.3) is 0 Å². The molecule has 2 aliphatic rings. The second-order valence-electron chi connectivity index (χ2n) is 6.21. The molecule has 3 rings (SSSR count). The maximum atomic E-state index is 12.8. The van der Waals surface area contributed by atoms with Gasteiger partial charge in [-0.3, -0.25) is 4.90 Å². The minimum absolute atomic E-state index is 0.228. The van der Waals surface area contributed by atoms with Gasteiger partial charge >= 0.3 is 0 Å². The zero-order chi connectivity index (χ0) is 14.7. The van der Waals surface area contributed by atoms with Gasteiger partial charge in [-0.1, -0.05) is 0 Å². The first-order valence-corrected chi connectivity index (χ1v) is 7.52. The number of likely N-dealkylation sites (tertiary alicyclic amines) is 1. The molecule has 1 aromatic rings. The molecular weight excluding hydrogens is 273 g/mol. The fourth-order valence-electron chi connectivity index (χ4n) is 3.23. The number of benzene rings is 1. The highest BCUT2D eigenvalue weighted by Crippen LogP contribution is 2.38. The van der Waals surface area contributed by atoms with Crippen molar-refractivity contribution in [3.8, 4) is 5.75 Å². The molecule has 0 aromatic heterocycles. The monoisotopic (exact) mass is 295 g/mol. The highest BCUT2D eigenvalue weighted by Gasteiger charge is 2.41. The van der Waals surface area contributed by atoms with Crippen molar-refractivity contribution in [2.75, 3.05) is 39.5 Å². The molecule has 0 saturated carbocycles. The number of aliphatic hydroxyl groups excluding tert-OH is 1. The van der Waals surface area contributed by atoms with Gasteiger partial charge in [0, 0.05) is 25.1 Å². The number of aliphatic hydroxyl groups is 1. The van der Waals surface area contributed by atoms with E-state index in [4.69, 9.17) is 9.47 Å². The minimum atomic E-state index is -0.535. The van der Waals surface area contributed by atoms with E-state index in [1.165, 1.54) is 12.1 Å². The highest BCUT2D eigenvalue weighted by molar-refractivity contribution is 5.22. The van der Waals surface area contributed by atoms with E-state index in [1.807, 2.05) is 0 Å². The summed E-state index contributed by atoms with van der Waals surface area (Å²) in [5, 5.41) is 10.1. The van der Waals surface area contributed by atoms with E-state index in [-0.39, 0.29) is 12.4 Å². The predicted molar refractivity (Wildman–Crippen MR) is 76.8 cm³/mol. The summed E-state index contributed by atoms with van der Waals surface area (Å²) in [5.41, 5.74) is 0.317. The molecule has 1 N–H and O–H groups in total. The maximum absolute atomic E-state index is 12.8. The molecule has 5 heteroatoms. The Balaban J connectivity index is 1.42. The van der Waals surface area contributed by atoms with E-state index in [1.54, 1.807) is 12.1 Å². The fraction of sp³-hybridized carbons (Fsp3) is 0.625. The van der Waals surface area contributed by atoms with Crippen LogP contribution in [-0.4, -0.2) is 55.6 Å². The van der Waals surface area contributed by atoms with Gasteiger partial charge in [0.05, 0.1) is 6.61 Å². The third-order valence-corrected chi connectivity index (χ3v) is 4.43. The van der Waals surface area contributed by atoms with Gasteiger partial charge < -0.3 is 14.6 Å². The van der Waals surface area contributed by atoms with E-state index in [9.17, 15) is 9.50 Å². The molecule has 2 aliphatic heterocycles. The van der Waals surface area contributed by atoms with Crippen molar-refractivity contribution in [2.45, 2.75) is 18.9 Å². The van der Waals surface area contributed by atoms with E-state index in [0.29, 0.717) is 17.7 Å². The number of ether oxygens (including phenoxy) is 2. The van der Waals surface area contributed by atoms with Gasteiger partial charge in [0.15, 0.2) is 0 Å². The predicted octanol–water partition coefficient (Wildman–Crippen LogP) is 1.68. The van der Waals surface area contributed by atoms with Crippen molar-refractivity contribution in [3.63, 3.8) is 0 Å². The zero-order valence-electron chi connectivity index (χ0n) is 12.1. The molecule has 1 spiro atoms. The normalized spacial score (nSPS) is 27.3. The first kappa shape index (κ1) is 14.8. The van der Waals surface area contributed by atoms with Crippen molar-refractivity contribution in [3.05, 3.63) is 30.1 Å². The highest BCUT2D eigenvalue weighted by atomic mass is 19.1. The molecule has 2 heterocycles. The molecule has 2 saturated heterocycles. The van der Waals surface area contributed by atoms with Gasteiger partial charge in [0.1, 0.15) is 24.3 Å². The van der Waals surface area contributed by atoms with Crippen molar-refractivity contribution in [1.29, 1.82) is 0 Å². The third kappa shape index (κ3) is 3.73. The van der Waals surface area contributed by atoms with E-state index < -0.39 is 6.10 Å². The summed E-state index contributed by atoms with van der Waals surface area (Å²) in [7, 11) is 0. The Kier molecular flexibility index (Phi) is 4.42. The van der Waals surface area contributed by atoms with Crippen molar-refractivity contribution in [2.24, 2.45) is 5.41 Å². The van der Waals surface area contributed by atoms with E-state index in [0.717, 1.165) is 39.1 Å². The topological polar surface area (TPSA) is 41.9 Å². The number of nitrogens with zero attached hydrogens (tertiary/aromatic N) is 1. The molecule has 0 aliphatic carbocycles. The van der Waals surface area contributed by atoms with Crippen LogP contribution in [0.1, 0.15) is 12.8 Å². The second-order valence-corrected chi connectivity index (χ2v) is 6.21. The number of halogens is 1. The van der Waals surface area contributed by atoms with Crippen LogP contribution in [0.3, 0.4) is 0 Å². The first-order chi connectivity index (χ1) is 10.2. The molecule has 0 radical (unpaired) electrons. The largest absolute Gasteiger partial charge is 0.491 e. The Morgan fingerprint density at radius 1 is 1.33 bits per heavy atom. The summed E-state index contributed by atoms with van der Waals surface area (Å²) in [6, 6.07) is 5.85. The maximum Gasteiger partial charge on any atom is 0.123 e. The smallest absolute Gasteiger partial charge is 0.123 e. The lowest BCUT2D eigenvalue weighted by molar-refractivity contribution is 0.0704. The summed E-state index contributed by atoms with van der Waals surface area (Å²) < 4.78 is 23.8. The Hall–Kier alpha value is -1.17. The van der Waals surface area contributed by atoms with Gasteiger partial charge in [0.2, 0.25) is 0 Å². The summed E-state index contributed by atoms with van der Waals surface area (Å²) in [6.07, 6.45) is 1.75. The van der Waals surface area contributed by atoms with Crippen LogP contribution < -0.4 is 4.74 Å². The molecule has 21 heavy (non-hydrogen) atoms. The van der Waals surface area contributed by atoms with E-state index >= 15 is 0 Å². The van der Waals surface area contributed by atoms with Crippen molar-refractivity contribution < 1.29 is 19.0 Å². The lowest BCUT2D eigenvalue weighted by atomic mass is 9.87. The van der Waals surface area contributed by atoms with Crippen LogP contribution in [-0.2, 0) is 4.74 Å². The summed E-state index contributed by atoms with van der Waals surface area (Å²) in [4.78, 5) is 2.29. The standard InChI is InChI=1S/C16H22FNO3/c17-13-1-3-15(4-2-13)21-10-14(19)9-18-7-5-16(11-18)6-8-20-12-16/h1-4,14,19H,5-12H2. The molecule has 1 aromatic carbocycles. The SMILES string of the molecule is OC(COc1ccc(F)cc1)CN1CCC2(CCOC2)C1.